The normalized spacial score (nSPS) is 10.8. The Bertz CT molecular complexity index is 604. The van der Waals surface area contributed by atoms with Crippen LogP contribution in [0.2, 0.25) is 0 Å². The SMILES string of the molecule is O=C(O)c1ncn2c(=O)n(CCF)nnc12. The number of alkyl halides is 1. The molecule has 0 unspecified atom stereocenters. The maximum absolute atomic E-state index is 12.0. The van der Waals surface area contributed by atoms with Gasteiger partial charge in [-0.25, -0.2) is 23.4 Å². The number of hydrogen-bond acceptors (Lipinski definition) is 5. The Kier molecular flexibility index (Phi) is 2.35. The summed E-state index contributed by atoms with van der Waals surface area (Å²) in [4.78, 5) is 25.8. The van der Waals surface area contributed by atoms with Crippen molar-refractivity contribution in [2.24, 2.45) is 0 Å². The van der Waals surface area contributed by atoms with Crippen molar-refractivity contribution >= 4 is 11.6 Å². The molecular formula is C7H6FN5O3. The predicted octanol–water partition coefficient (Wildman–Crippen LogP) is -1.05. The predicted molar refractivity (Wildman–Crippen MR) is 48.0 cm³/mol. The zero-order valence-corrected chi connectivity index (χ0v) is 7.87. The molecular weight excluding hydrogens is 221 g/mol. The van der Waals surface area contributed by atoms with Crippen molar-refractivity contribution in [3.05, 3.63) is 22.5 Å². The number of aryl methyl sites for hydroxylation is 1. The number of carboxylic acids is 1. The Labute approximate surface area is 87.0 Å². The molecule has 2 heterocycles. The summed E-state index contributed by atoms with van der Waals surface area (Å²) in [6.45, 7) is -0.997. The summed E-state index contributed by atoms with van der Waals surface area (Å²) < 4.78 is 13.7. The van der Waals surface area contributed by atoms with Crippen molar-refractivity contribution in [2.45, 2.75) is 6.54 Å². The maximum Gasteiger partial charge on any atom is 0.358 e. The van der Waals surface area contributed by atoms with Gasteiger partial charge in [0.15, 0.2) is 11.3 Å². The van der Waals surface area contributed by atoms with E-state index in [2.05, 4.69) is 15.3 Å². The van der Waals surface area contributed by atoms with E-state index in [-0.39, 0.29) is 17.9 Å². The maximum atomic E-state index is 12.0. The highest BCUT2D eigenvalue weighted by molar-refractivity contribution is 5.91. The van der Waals surface area contributed by atoms with Gasteiger partial charge in [-0.1, -0.05) is 5.21 Å². The minimum atomic E-state index is -1.31. The van der Waals surface area contributed by atoms with Gasteiger partial charge in [0.2, 0.25) is 0 Å². The summed E-state index contributed by atoms with van der Waals surface area (Å²) in [6.07, 6.45) is 1.02. The number of carboxylic acid groups (broad SMARTS) is 1. The van der Waals surface area contributed by atoms with Gasteiger partial charge < -0.3 is 5.11 Å². The molecule has 2 aromatic rings. The first-order valence-electron chi connectivity index (χ1n) is 4.25. The first-order valence-corrected chi connectivity index (χ1v) is 4.25. The molecule has 0 amide bonds. The molecule has 0 aliphatic carbocycles. The number of rotatable bonds is 3. The van der Waals surface area contributed by atoms with E-state index in [4.69, 9.17) is 5.11 Å². The molecule has 0 fully saturated rings. The molecule has 0 aliphatic heterocycles. The summed E-state index contributed by atoms with van der Waals surface area (Å²) in [5, 5.41) is 15.6. The number of fused-ring (bicyclic) bond motifs is 1. The van der Waals surface area contributed by atoms with Gasteiger partial charge >= 0.3 is 11.7 Å². The van der Waals surface area contributed by atoms with Crippen LogP contribution in [0.5, 0.6) is 0 Å². The van der Waals surface area contributed by atoms with Crippen molar-refractivity contribution in [3.63, 3.8) is 0 Å². The fourth-order valence-electron chi connectivity index (χ4n) is 1.21. The second-order valence-corrected chi connectivity index (χ2v) is 2.88. The van der Waals surface area contributed by atoms with Crippen molar-refractivity contribution in [1.29, 1.82) is 0 Å². The van der Waals surface area contributed by atoms with E-state index in [1.54, 1.807) is 0 Å². The molecule has 0 radical (unpaired) electrons. The summed E-state index contributed by atoms with van der Waals surface area (Å²) in [7, 11) is 0. The molecule has 8 nitrogen and oxygen atoms in total. The van der Waals surface area contributed by atoms with Gasteiger partial charge in [0.1, 0.15) is 13.0 Å². The Morgan fingerprint density at radius 3 is 2.94 bits per heavy atom. The number of hydrogen-bond donors (Lipinski definition) is 1. The average Bonchev–Trinajstić information content (AvgIpc) is 2.67. The van der Waals surface area contributed by atoms with Gasteiger partial charge in [-0.3, -0.25) is 0 Å². The molecule has 2 rings (SSSR count). The molecule has 0 aliphatic rings. The number of aromatic carboxylic acids is 1. The van der Waals surface area contributed by atoms with Gasteiger partial charge in [0.25, 0.3) is 0 Å². The topological polar surface area (TPSA) is 102 Å². The molecule has 0 saturated carbocycles. The summed E-state index contributed by atoms with van der Waals surface area (Å²) in [5.74, 6) is -1.31. The third-order valence-electron chi connectivity index (χ3n) is 1.92. The van der Waals surface area contributed by atoms with E-state index in [0.717, 1.165) is 15.4 Å². The highest BCUT2D eigenvalue weighted by atomic mass is 19.1. The first kappa shape index (κ1) is 10.2. The monoisotopic (exact) mass is 227 g/mol. The molecule has 0 bridgehead atoms. The third kappa shape index (κ3) is 1.42. The van der Waals surface area contributed by atoms with Gasteiger partial charge in [0.05, 0.1) is 6.54 Å². The van der Waals surface area contributed by atoms with Crippen LogP contribution in [0, 0.1) is 0 Å². The van der Waals surface area contributed by atoms with Crippen molar-refractivity contribution < 1.29 is 14.3 Å². The van der Waals surface area contributed by atoms with Crippen LogP contribution in [0.15, 0.2) is 11.1 Å². The van der Waals surface area contributed by atoms with Crippen LogP contribution < -0.4 is 5.69 Å². The van der Waals surface area contributed by atoms with Crippen LogP contribution in [0.4, 0.5) is 4.39 Å². The Morgan fingerprint density at radius 2 is 2.31 bits per heavy atom. The van der Waals surface area contributed by atoms with Gasteiger partial charge in [-0.15, -0.1) is 5.10 Å². The Hall–Kier alpha value is -2.32. The van der Waals surface area contributed by atoms with Crippen LogP contribution in [-0.4, -0.2) is 42.1 Å². The minimum absolute atomic E-state index is 0.160. The van der Waals surface area contributed by atoms with Gasteiger partial charge in [-0.05, 0) is 0 Å². The van der Waals surface area contributed by atoms with E-state index < -0.39 is 18.3 Å². The molecule has 84 valence electrons. The molecule has 2 aromatic heterocycles. The molecule has 0 atom stereocenters. The van der Waals surface area contributed by atoms with Gasteiger partial charge in [0, 0.05) is 0 Å². The lowest BCUT2D eigenvalue weighted by Crippen LogP contribution is -2.30. The smallest absolute Gasteiger partial charge is 0.358 e. The number of imidazole rings is 1. The number of carbonyl (C=O) groups is 1. The van der Waals surface area contributed by atoms with Crippen molar-refractivity contribution in [1.82, 2.24) is 24.4 Å². The number of nitrogens with zero attached hydrogens (tertiary/aromatic N) is 5. The Balaban J connectivity index is 2.69. The largest absolute Gasteiger partial charge is 0.476 e. The molecule has 0 saturated heterocycles. The van der Waals surface area contributed by atoms with Gasteiger partial charge in [-0.2, -0.15) is 4.68 Å². The van der Waals surface area contributed by atoms with Crippen LogP contribution in [-0.2, 0) is 6.54 Å². The summed E-state index contributed by atoms with van der Waals surface area (Å²) >= 11 is 0. The highest BCUT2D eigenvalue weighted by Gasteiger charge is 2.16. The third-order valence-corrected chi connectivity index (χ3v) is 1.92. The molecule has 16 heavy (non-hydrogen) atoms. The van der Waals surface area contributed by atoms with E-state index >= 15 is 0 Å². The van der Waals surface area contributed by atoms with E-state index in [9.17, 15) is 14.0 Å². The van der Waals surface area contributed by atoms with Crippen molar-refractivity contribution in [2.75, 3.05) is 6.67 Å². The average molecular weight is 227 g/mol. The first-order chi connectivity index (χ1) is 7.65. The summed E-state index contributed by atoms with van der Waals surface area (Å²) in [5.41, 5.74) is -1.20. The molecule has 0 spiro atoms. The van der Waals surface area contributed by atoms with Crippen LogP contribution in [0.1, 0.15) is 10.5 Å². The number of halogens is 1. The lowest BCUT2D eigenvalue weighted by Gasteiger charge is -1.99. The second-order valence-electron chi connectivity index (χ2n) is 2.88. The van der Waals surface area contributed by atoms with E-state index in [0.29, 0.717) is 0 Å². The van der Waals surface area contributed by atoms with E-state index in [1.807, 2.05) is 0 Å². The fourth-order valence-corrected chi connectivity index (χ4v) is 1.21. The molecule has 1 N–H and O–H groups in total. The molecule has 9 heteroatoms. The van der Waals surface area contributed by atoms with E-state index in [1.165, 1.54) is 0 Å². The fraction of sp³-hybridized carbons (Fsp3) is 0.286. The standard InChI is InChI=1S/C7H6FN5O3/c8-1-2-13-7(16)12-3-9-4(6(14)15)5(12)10-11-13/h3H,1-2H2,(H,14,15). The lowest BCUT2D eigenvalue weighted by molar-refractivity contribution is 0.0693. The second kappa shape index (κ2) is 3.68. The quantitative estimate of drug-likeness (QED) is 0.718. The number of aromatic nitrogens is 5. The zero-order valence-electron chi connectivity index (χ0n) is 7.87. The zero-order chi connectivity index (χ0) is 11.7. The Morgan fingerprint density at radius 1 is 1.56 bits per heavy atom. The highest BCUT2D eigenvalue weighted by Crippen LogP contribution is 2.01. The summed E-state index contributed by atoms with van der Waals surface area (Å²) in [6, 6.07) is 0. The van der Waals surface area contributed by atoms with Crippen LogP contribution >= 0.6 is 0 Å². The lowest BCUT2D eigenvalue weighted by atomic mass is 10.5. The van der Waals surface area contributed by atoms with Crippen LogP contribution in [0.3, 0.4) is 0 Å². The minimum Gasteiger partial charge on any atom is -0.476 e. The van der Waals surface area contributed by atoms with Crippen LogP contribution in [0.25, 0.3) is 5.65 Å². The molecule has 0 aromatic carbocycles. The van der Waals surface area contributed by atoms with Crippen molar-refractivity contribution in [3.8, 4) is 0 Å².